The third kappa shape index (κ3) is 5.58. The molecule has 1 aliphatic rings. The largest absolute Gasteiger partial charge is 0.356 e. The number of nitrogens with zero attached hydrogens (tertiary/aromatic N) is 1. The Balaban J connectivity index is 1.42. The molecule has 1 amide bonds. The van der Waals surface area contributed by atoms with Crippen molar-refractivity contribution in [3.8, 4) is 0 Å². The number of hydrogen-bond donors (Lipinski definition) is 1. The zero-order chi connectivity index (χ0) is 18.2. The highest BCUT2D eigenvalue weighted by atomic mass is 35.5. The molecular formula is C22H27ClN2O. The topological polar surface area (TPSA) is 32.3 Å². The van der Waals surface area contributed by atoms with E-state index in [4.69, 9.17) is 11.6 Å². The van der Waals surface area contributed by atoms with Gasteiger partial charge in [-0.1, -0.05) is 60.1 Å². The molecule has 1 aliphatic heterocycles. The summed E-state index contributed by atoms with van der Waals surface area (Å²) in [6, 6.07) is 18.4. The van der Waals surface area contributed by atoms with Gasteiger partial charge in [0.15, 0.2) is 0 Å². The lowest BCUT2D eigenvalue weighted by Gasteiger charge is -2.32. The summed E-state index contributed by atoms with van der Waals surface area (Å²) < 4.78 is 0. The lowest BCUT2D eigenvalue weighted by molar-refractivity contribution is -0.126. The summed E-state index contributed by atoms with van der Waals surface area (Å²) >= 11 is 6.27. The summed E-state index contributed by atoms with van der Waals surface area (Å²) in [4.78, 5) is 14.9. The van der Waals surface area contributed by atoms with Crippen LogP contribution in [0.5, 0.6) is 0 Å². The molecule has 4 heteroatoms. The van der Waals surface area contributed by atoms with E-state index in [1.807, 2.05) is 24.3 Å². The monoisotopic (exact) mass is 370 g/mol. The Bertz CT molecular complexity index is 704. The van der Waals surface area contributed by atoms with Gasteiger partial charge in [-0.3, -0.25) is 9.69 Å². The van der Waals surface area contributed by atoms with E-state index in [0.717, 1.165) is 62.4 Å². The molecule has 0 aromatic heterocycles. The molecule has 1 atom stereocenters. The lowest BCUT2D eigenvalue weighted by Crippen LogP contribution is -2.43. The van der Waals surface area contributed by atoms with E-state index in [9.17, 15) is 4.79 Å². The van der Waals surface area contributed by atoms with Crippen LogP contribution < -0.4 is 5.32 Å². The number of carbonyl (C=O) groups is 1. The quantitative estimate of drug-likeness (QED) is 0.737. The van der Waals surface area contributed by atoms with Crippen molar-refractivity contribution < 1.29 is 4.79 Å². The number of nitrogens with one attached hydrogen (secondary N) is 1. The second-order valence-corrected chi connectivity index (χ2v) is 7.45. The van der Waals surface area contributed by atoms with Gasteiger partial charge < -0.3 is 5.32 Å². The van der Waals surface area contributed by atoms with Gasteiger partial charge in [-0.15, -0.1) is 0 Å². The molecule has 0 saturated carbocycles. The fourth-order valence-electron chi connectivity index (χ4n) is 3.57. The van der Waals surface area contributed by atoms with E-state index in [2.05, 4.69) is 40.5 Å². The summed E-state index contributed by atoms with van der Waals surface area (Å²) in [6.07, 6.45) is 4.02. The molecule has 1 fully saturated rings. The highest BCUT2D eigenvalue weighted by Crippen LogP contribution is 2.22. The molecule has 0 unspecified atom stereocenters. The Hall–Kier alpha value is -1.84. The van der Waals surface area contributed by atoms with Crippen molar-refractivity contribution in [2.75, 3.05) is 19.6 Å². The van der Waals surface area contributed by atoms with Crippen LogP contribution in [-0.4, -0.2) is 30.4 Å². The number of piperidine rings is 1. The molecule has 0 radical (unpaired) electrons. The minimum atomic E-state index is 0.0861. The highest BCUT2D eigenvalue weighted by Gasteiger charge is 2.25. The molecule has 2 aromatic rings. The summed E-state index contributed by atoms with van der Waals surface area (Å²) in [5.41, 5.74) is 2.46. The van der Waals surface area contributed by atoms with Gasteiger partial charge in [0.1, 0.15) is 0 Å². The maximum atomic E-state index is 12.5. The molecule has 2 aromatic carbocycles. The average molecular weight is 371 g/mol. The first-order valence-corrected chi connectivity index (χ1v) is 9.87. The van der Waals surface area contributed by atoms with E-state index >= 15 is 0 Å². The van der Waals surface area contributed by atoms with Crippen LogP contribution in [0.1, 0.15) is 30.4 Å². The van der Waals surface area contributed by atoms with Crippen molar-refractivity contribution in [1.82, 2.24) is 10.2 Å². The van der Waals surface area contributed by atoms with Crippen molar-refractivity contribution in [1.29, 1.82) is 0 Å². The molecule has 0 aliphatic carbocycles. The number of rotatable bonds is 7. The first-order valence-electron chi connectivity index (χ1n) is 9.50. The van der Waals surface area contributed by atoms with Crippen molar-refractivity contribution in [3.05, 3.63) is 70.7 Å². The molecule has 138 valence electrons. The highest BCUT2D eigenvalue weighted by molar-refractivity contribution is 6.31. The second-order valence-electron chi connectivity index (χ2n) is 7.05. The zero-order valence-electron chi connectivity index (χ0n) is 15.2. The van der Waals surface area contributed by atoms with Gasteiger partial charge in [0.05, 0.1) is 5.92 Å². The van der Waals surface area contributed by atoms with Gasteiger partial charge in [-0.25, -0.2) is 0 Å². The molecular weight excluding hydrogens is 344 g/mol. The summed E-state index contributed by atoms with van der Waals surface area (Å²) in [6.45, 7) is 3.41. The van der Waals surface area contributed by atoms with Crippen LogP contribution in [0.3, 0.4) is 0 Å². The number of halogens is 1. The Morgan fingerprint density at radius 1 is 1.12 bits per heavy atom. The van der Waals surface area contributed by atoms with E-state index in [1.54, 1.807) is 0 Å². The van der Waals surface area contributed by atoms with Crippen LogP contribution in [0, 0.1) is 5.92 Å². The van der Waals surface area contributed by atoms with Crippen molar-refractivity contribution in [3.63, 3.8) is 0 Å². The SMILES string of the molecule is O=C(NCCCc1ccccc1)[C@H]1CCCN(Cc2ccccc2Cl)C1. The van der Waals surface area contributed by atoms with Gasteiger partial charge in [0.2, 0.25) is 5.91 Å². The molecule has 1 saturated heterocycles. The normalized spacial score (nSPS) is 17.8. The summed E-state index contributed by atoms with van der Waals surface area (Å²) in [7, 11) is 0. The Morgan fingerprint density at radius 2 is 1.88 bits per heavy atom. The number of amides is 1. The van der Waals surface area contributed by atoms with E-state index in [0.29, 0.717) is 0 Å². The number of carbonyl (C=O) groups excluding carboxylic acids is 1. The first-order chi connectivity index (χ1) is 12.7. The third-order valence-electron chi connectivity index (χ3n) is 5.01. The maximum absolute atomic E-state index is 12.5. The fourth-order valence-corrected chi connectivity index (χ4v) is 3.77. The van der Waals surface area contributed by atoms with Crippen LogP contribution in [-0.2, 0) is 17.8 Å². The second kappa shape index (κ2) is 9.75. The molecule has 3 rings (SSSR count). The van der Waals surface area contributed by atoms with E-state index in [-0.39, 0.29) is 11.8 Å². The number of aryl methyl sites for hydroxylation is 1. The Labute approximate surface area is 161 Å². The number of likely N-dealkylation sites (tertiary alicyclic amines) is 1. The standard InChI is InChI=1S/C22H27ClN2O/c23-21-13-5-4-11-19(21)16-25-15-7-12-20(17-25)22(26)24-14-6-10-18-8-2-1-3-9-18/h1-5,8-9,11,13,20H,6-7,10,12,14-17H2,(H,24,26)/t20-/m0/s1. The fraction of sp³-hybridized carbons (Fsp3) is 0.409. The molecule has 0 bridgehead atoms. The first kappa shape index (κ1) is 18.9. The predicted molar refractivity (Wildman–Crippen MR) is 107 cm³/mol. The minimum absolute atomic E-state index is 0.0861. The third-order valence-corrected chi connectivity index (χ3v) is 5.38. The van der Waals surface area contributed by atoms with Crippen LogP contribution in [0.25, 0.3) is 0 Å². The molecule has 1 heterocycles. The summed E-state index contributed by atoms with van der Waals surface area (Å²) in [5, 5.41) is 3.93. The van der Waals surface area contributed by atoms with Crippen LogP contribution >= 0.6 is 11.6 Å². The van der Waals surface area contributed by atoms with Crippen molar-refractivity contribution in [2.24, 2.45) is 5.92 Å². The minimum Gasteiger partial charge on any atom is -0.356 e. The Morgan fingerprint density at radius 3 is 2.69 bits per heavy atom. The van der Waals surface area contributed by atoms with Gasteiger partial charge in [-0.05, 0) is 49.4 Å². The van der Waals surface area contributed by atoms with E-state index < -0.39 is 0 Å². The summed E-state index contributed by atoms with van der Waals surface area (Å²) in [5.74, 6) is 0.282. The molecule has 1 N–H and O–H groups in total. The molecule has 3 nitrogen and oxygen atoms in total. The zero-order valence-corrected chi connectivity index (χ0v) is 15.9. The van der Waals surface area contributed by atoms with Gasteiger partial charge in [0.25, 0.3) is 0 Å². The van der Waals surface area contributed by atoms with Gasteiger partial charge >= 0.3 is 0 Å². The Kier molecular flexibility index (Phi) is 7.10. The predicted octanol–water partition coefficient (Wildman–Crippen LogP) is 4.30. The maximum Gasteiger partial charge on any atom is 0.224 e. The molecule has 26 heavy (non-hydrogen) atoms. The smallest absolute Gasteiger partial charge is 0.224 e. The van der Waals surface area contributed by atoms with Crippen LogP contribution in [0.15, 0.2) is 54.6 Å². The molecule has 0 spiro atoms. The van der Waals surface area contributed by atoms with E-state index in [1.165, 1.54) is 5.56 Å². The number of hydrogen-bond acceptors (Lipinski definition) is 2. The van der Waals surface area contributed by atoms with Crippen LogP contribution in [0.2, 0.25) is 5.02 Å². The van der Waals surface area contributed by atoms with Gasteiger partial charge in [0, 0.05) is 24.7 Å². The van der Waals surface area contributed by atoms with Crippen molar-refractivity contribution >= 4 is 17.5 Å². The van der Waals surface area contributed by atoms with Gasteiger partial charge in [-0.2, -0.15) is 0 Å². The van der Waals surface area contributed by atoms with Crippen molar-refractivity contribution in [2.45, 2.75) is 32.2 Å². The average Bonchev–Trinajstić information content (AvgIpc) is 2.68. The lowest BCUT2D eigenvalue weighted by atomic mass is 9.96. The van der Waals surface area contributed by atoms with Crippen LogP contribution in [0.4, 0.5) is 0 Å². The number of benzene rings is 2.